The first-order valence-corrected chi connectivity index (χ1v) is 7.91. The van der Waals surface area contributed by atoms with E-state index in [0.717, 1.165) is 11.3 Å². The molecule has 0 bridgehead atoms. The predicted molar refractivity (Wildman–Crippen MR) is 89.9 cm³/mol. The number of carbonyl (C=O) groups excluding carboxylic acids is 1. The summed E-state index contributed by atoms with van der Waals surface area (Å²) >= 11 is 6.29. The number of pyridine rings is 1. The Labute approximate surface area is 139 Å². The van der Waals surface area contributed by atoms with Gasteiger partial charge in [-0.25, -0.2) is 0 Å². The summed E-state index contributed by atoms with van der Waals surface area (Å²) in [6.45, 7) is 3.62. The molecule has 0 saturated carbocycles. The lowest BCUT2D eigenvalue weighted by atomic mass is 10.0. The minimum absolute atomic E-state index is 0.162. The van der Waals surface area contributed by atoms with Gasteiger partial charge >= 0.3 is 0 Å². The second-order valence-corrected chi connectivity index (χ2v) is 6.04. The fourth-order valence-electron chi connectivity index (χ4n) is 2.87. The molecule has 5 nitrogen and oxygen atoms in total. The zero-order valence-electron chi connectivity index (χ0n) is 12.8. The Morgan fingerprint density at radius 3 is 2.87 bits per heavy atom. The van der Waals surface area contributed by atoms with Crippen LogP contribution in [-0.4, -0.2) is 35.4 Å². The number of hydrogen-bond acceptors (Lipinski definition) is 3. The van der Waals surface area contributed by atoms with Crippen LogP contribution in [0.5, 0.6) is 0 Å². The minimum atomic E-state index is -0.266. The Bertz CT molecular complexity index is 787. The number of piperazine rings is 1. The van der Waals surface area contributed by atoms with Gasteiger partial charge < -0.3 is 15.2 Å². The molecule has 0 aliphatic carbocycles. The van der Waals surface area contributed by atoms with Gasteiger partial charge in [0, 0.05) is 42.6 Å². The quantitative estimate of drug-likeness (QED) is 0.886. The summed E-state index contributed by atoms with van der Waals surface area (Å²) in [7, 11) is 0. The van der Waals surface area contributed by atoms with E-state index in [0.29, 0.717) is 24.7 Å². The average Bonchev–Trinajstić information content (AvgIpc) is 2.55. The molecule has 1 atom stereocenters. The zero-order chi connectivity index (χ0) is 16.4. The molecule has 1 aliphatic rings. The highest BCUT2D eigenvalue weighted by atomic mass is 35.5. The van der Waals surface area contributed by atoms with Crippen LogP contribution in [0.2, 0.25) is 5.02 Å². The molecule has 1 amide bonds. The Hall–Kier alpha value is -2.11. The van der Waals surface area contributed by atoms with E-state index >= 15 is 0 Å². The van der Waals surface area contributed by atoms with Crippen molar-refractivity contribution in [3.05, 3.63) is 68.6 Å². The van der Waals surface area contributed by atoms with Gasteiger partial charge in [0.05, 0.1) is 6.04 Å². The molecular weight excluding hydrogens is 314 g/mol. The Morgan fingerprint density at radius 1 is 1.35 bits per heavy atom. The highest BCUT2D eigenvalue weighted by Gasteiger charge is 2.30. The number of H-pyrrole nitrogens is 1. The number of nitrogens with one attached hydrogen (secondary N) is 2. The molecule has 2 heterocycles. The molecule has 1 saturated heterocycles. The van der Waals surface area contributed by atoms with E-state index < -0.39 is 0 Å². The summed E-state index contributed by atoms with van der Waals surface area (Å²) in [5, 5.41) is 3.90. The standard InChI is InChI=1S/C17H18ClN3O2/c1-11-8-16(22)13(9-20-11)17(23)21-7-6-19-10-15(21)12-4-2-3-5-14(12)18/h2-5,8-9,15,19H,6-7,10H2,1H3,(H,20,22). The molecule has 2 N–H and O–H groups in total. The summed E-state index contributed by atoms with van der Waals surface area (Å²) in [5.74, 6) is -0.266. The molecule has 1 aromatic heterocycles. The van der Waals surface area contributed by atoms with Gasteiger partial charge in [-0.1, -0.05) is 29.8 Å². The third-order valence-electron chi connectivity index (χ3n) is 4.06. The lowest BCUT2D eigenvalue weighted by Gasteiger charge is -2.36. The molecule has 1 fully saturated rings. The van der Waals surface area contributed by atoms with Crippen molar-refractivity contribution in [2.75, 3.05) is 19.6 Å². The highest BCUT2D eigenvalue weighted by Crippen LogP contribution is 2.29. The molecule has 120 valence electrons. The predicted octanol–water partition coefficient (Wildman–Crippen LogP) is 2.12. The molecule has 3 rings (SSSR count). The van der Waals surface area contributed by atoms with Crippen molar-refractivity contribution < 1.29 is 4.79 Å². The Balaban J connectivity index is 1.97. The summed E-state index contributed by atoms with van der Waals surface area (Å²) < 4.78 is 0. The van der Waals surface area contributed by atoms with E-state index in [9.17, 15) is 9.59 Å². The Kier molecular flexibility index (Phi) is 4.50. The van der Waals surface area contributed by atoms with E-state index in [1.807, 2.05) is 24.3 Å². The second-order valence-electron chi connectivity index (χ2n) is 5.63. The summed E-state index contributed by atoms with van der Waals surface area (Å²) in [6, 6.07) is 8.74. The maximum atomic E-state index is 12.9. The van der Waals surface area contributed by atoms with Crippen LogP contribution in [0, 0.1) is 6.92 Å². The van der Waals surface area contributed by atoms with Gasteiger partial charge in [0.1, 0.15) is 5.56 Å². The third-order valence-corrected chi connectivity index (χ3v) is 4.40. The third kappa shape index (κ3) is 3.16. The topological polar surface area (TPSA) is 65.2 Å². The molecule has 1 aliphatic heterocycles. The maximum absolute atomic E-state index is 12.9. The molecule has 23 heavy (non-hydrogen) atoms. The van der Waals surface area contributed by atoms with Gasteiger partial charge in [0.15, 0.2) is 5.43 Å². The van der Waals surface area contributed by atoms with Crippen LogP contribution in [0.1, 0.15) is 27.7 Å². The summed E-state index contributed by atoms with van der Waals surface area (Å²) in [6.07, 6.45) is 1.49. The number of benzene rings is 1. The van der Waals surface area contributed by atoms with Crippen molar-refractivity contribution in [3.8, 4) is 0 Å². The van der Waals surface area contributed by atoms with Crippen LogP contribution >= 0.6 is 11.6 Å². The number of nitrogens with zero attached hydrogens (tertiary/aromatic N) is 1. The summed E-state index contributed by atoms with van der Waals surface area (Å²) in [5.41, 5.74) is 1.52. The largest absolute Gasteiger partial charge is 0.364 e. The van der Waals surface area contributed by atoms with Gasteiger partial charge in [-0.15, -0.1) is 0 Å². The van der Waals surface area contributed by atoms with Gasteiger partial charge in [-0.2, -0.15) is 0 Å². The van der Waals surface area contributed by atoms with Crippen LogP contribution in [0.25, 0.3) is 0 Å². The first-order valence-electron chi connectivity index (χ1n) is 7.53. The number of carbonyl (C=O) groups is 1. The van der Waals surface area contributed by atoms with Crippen molar-refractivity contribution in [3.63, 3.8) is 0 Å². The van der Waals surface area contributed by atoms with Crippen molar-refractivity contribution >= 4 is 17.5 Å². The van der Waals surface area contributed by atoms with Crippen LogP contribution < -0.4 is 10.7 Å². The number of hydrogen-bond donors (Lipinski definition) is 2. The maximum Gasteiger partial charge on any atom is 0.259 e. The number of aromatic nitrogens is 1. The van der Waals surface area contributed by atoms with Crippen molar-refractivity contribution in [1.29, 1.82) is 0 Å². The normalized spacial score (nSPS) is 18.0. The van der Waals surface area contributed by atoms with Crippen LogP contribution in [-0.2, 0) is 0 Å². The van der Waals surface area contributed by atoms with Gasteiger partial charge in [-0.05, 0) is 18.6 Å². The molecule has 2 aromatic rings. The number of aromatic amines is 1. The van der Waals surface area contributed by atoms with E-state index in [1.54, 1.807) is 11.8 Å². The van der Waals surface area contributed by atoms with Gasteiger partial charge in [0.2, 0.25) is 0 Å². The van der Waals surface area contributed by atoms with Crippen LogP contribution in [0.4, 0.5) is 0 Å². The van der Waals surface area contributed by atoms with E-state index in [1.165, 1.54) is 12.3 Å². The van der Waals surface area contributed by atoms with Crippen LogP contribution in [0.15, 0.2) is 41.3 Å². The van der Waals surface area contributed by atoms with Gasteiger partial charge in [0.25, 0.3) is 5.91 Å². The molecule has 1 aromatic carbocycles. The molecule has 1 unspecified atom stereocenters. The first kappa shape index (κ1) is 15.8. The fourth-order valence-corrected chi connectivity index (χ4v) is 3.13. The Morgan fingerprint density at radius 2 is 2.13 bits per heavy atom. The number of aryl methyl sites for hydroxylation is 1. The lowest BCUT2D eigenvalue weighted by molar-refractivity contribution is 0.0632. The number of amides is 1. The zero-order valence-corrected chi connectivity index (χ0v) is 13.6. The highest BCUT2D eigenvalue weighted by molar-refractivity contribution is 6.31. The van der Waals surface area contributed by atoms with E-state index in [2.05, 4.69) is 10.3 Å². The fraction of sp³-hybridized carbons (Fsp3) is 0.294. The minimum Gasteiger partial charge on any atom is -0.364 e. The van der Waals surface area contributed by atoms with Crippen molar-refractivity contribution in [1.82, 2.24) is 15.2 Å². The van der Waals surface area contributed by atoms with E-state index in [-0.39, 0.29) is 22.9 Å². The number of rotatable bonds is 2. The smallest absolute Gasteiger partial charge is 0.259 e. The first-order chi connectivity index (χ1) is 11.1. The van der Waals surface area contributed by atoms with Crippen molar-refractivity contribution in [2.24, 2.45) is 0 Å². The lowest BCUT2D eigenvalue weighted by Crippen LogP contribution is -2.49. The van der Waals surface area contributed by atoms with Crippen LogP contribution in [0.3, 0.4) is 0 Å². The van der Waals surface area contributed by atoms with E-state index in [4.69, 9.17) is 11.6 Å². The average molecular weight is 332 g/mol. The monoisotopic (exact) mass is 331 g/mol. The number of halogens is 1. The molecule has 0 spiro atoms. The second kappa shape index (κ2) is 6.56. The summed E-state index contributed by atoms with van der Waals surface area (Å²) in [4.78, 5) is 29.6. The molecule has 0 radical (unpaired) electrons. The van der Waals surface area contributed by atoms with Gasteiger partial charge in [-0.3, -0.25) is 9.59 Å². The molecule has 6 heteroatoms. The van der Waals surface area contributed by atoms with Crippen molar-refractivity contribution in [2.45, 2.75) is 13.0 Å². The molecular formula is C17H18ClN3O2. The SMILES string of the molecule is Cc1cc(=O)c(C(=O)N2CCNCC2c2ccccc2Cl)c[nH]1.